The highest BCUT2D eigenvalue weighted by Gasteiger charge is 2.30. The number of carbonyl (C=O) groups excluding carboxylic acids is 8. The van der Waals surface area contributed by atoms with Gasteiger partial charge in [0.2, 0.25) is 11.5 Å². The highest BCUT2D eigenvalue weighted by atomic mass is 19.1. The van der Waals surface area contributed by atoms with E-state index >= 15 is 0 Å². The van der Waals surface area contributed by atoms with Gasteiger partial charge in [-0.15, -0.1) is 0 Å². The molecule has 9 aromatic rings. The van der Waals surface area contributed by atoms with Crippen molar-refractivity contribution >= 4 is 69.5 Å². The Bertz CT molecular complexity index is 5040. The van der Waals surface area contributed by atoms with Crippen LogP contribution in [0.25, 0.3) is 0 Å². The van der Waals surface area contributed by atoms with Crippen LogP contribution in [-0.2, 0) is 15.9 Å². The number of aromatic nitrogens is 2. The second-order valence-electron chi connectivity index (χ2n) is 30.0. The van der Waals surface area contributed by atoms with E-state index in [0.717, 1.165) is 143 Å². The number of hydrogen-bond acceptors (Lipinski definition) is 24. The zero-order chi connectivity index (χ0) is 90.8. The predicted octanol–water partition coefficient (Wildman–Crippen LogP) is 15.5. The number of ether oxygens (including phenoxy) is 10. The van der Waals surface area contributed by atoms with Crippen molar-refractivity contribution in [2.75, 3.05) is 184 Å². The number of pyridine rings is 2. The number of Topliss-reactive ketones (excluding diaryl/α,β-unsaturated/α-hetero) is 4. The van der Waals surface area contributed by atoms with Crippen LogP contribution in [0.1, 0.15) is 165 Å². The van der Waals surface area contributed by atoms with Crippen molar-refractivity contribution in [3.8, 4) is 46.0 Å². The summed E-state index contributed by atoms with van der Waals surface area (Å²) in [6.45, 7) is 13.7. The van der Waals surface area contributed by atoms with E-state index in [0.29, 0.717) is 93.6 Å². The van der Waals surface area contributed by atoms with Crippen LogP contribution in [0, 0.1) is 11.6 Å². The van der Waals surface area contributed by atoms with Crippen LogP contribution in [0.2, 0.25) is 0 Å². The fourth-order valence-corrected chi connectivity index (χ4v) is 14.4. The Morgan fingerprint density at radius 2 is 0.732 bits per heavy atom. The zero-order valence-electron chi connectivity index (χ0n) is 73.8. The van der Waals surface area contributed by atoms with E-state index in [2.05, 4.69) is 57.9 Å². The highest BCUT2D eigenvalue weighted by Crippen LogP contribution is 2.48. The SMILES string of the molecule is COc1ccc(C(=O)Nc2c(C(=O)CCCCN3CCN(C)CC3)cc(OC)c(OC)c2OC)cc1.COc1ccc(C(=O)Nc2c(C(=O)CCCCN3CCOCC3)cc(OC)c(OC)c2OC)cc1.O=C(Nc1cccc(F)c1C(=O)CCCCN1CCOCC1)c1cccnc1.O=C(Nc1cccc(F)c1C(=O)CCCCc1ccccc1)c1cccnc1. The van der Waals surface area contributed by atoms with Gasteiger partial charge in [-0.2, -0.15) is 0 Å². The number of anilines is 4. The lowest BCUT2D eigenvalue weighted by molar-refractivity contribution is 0.0370. The first-order valence-electron chi connectivity index (χ1n) is 42.5. The van der Waals surface area contributed by atoms with Crippen molar-refractivity contribution in [2.45, 2.75) is 83.5 Å². The van der Waals surface area contributed by atoms with Gasteiger partial charge in [0, 0.05) is 125 Å². The molecule has 0 aliphatic carbocycles. The third kappa shape index (κ3) is 29.8. The van der Waals surface area contributed by atoms with Gasteiger partial charge >= 0.3 is 0 Å². The van der Waals surface area contributed by atoms with Gasteiger partial charge in [-0.1, -0.05) is 42.5 Å². The normalized spacial score (nSPS) is 13.3. The van der Waals surface area contributed by atoms with E-state index in [4.69, 9.17) is 47.4 Å². The zero-order valence-corrected chi connectivity index (χ0v) is 73.8. The Labute approximate surface area is 741 Å². The van der Waals surface area contributed by atoms with Crippen molar-refractivity contribution in [3.63, 3.8) is 0 Å². The molecule has 30 heteroatoms. The molecule has 0 unspecified atom stereocenters. The maximum Gasteiger partial charge on any atom is 0.257 e. The van der Waals surface area contributed by atoms with Gasteiger partial charge in [0.05, 0.1) is 128 Å². The summed E-state index contributed by atoms with van der Waals surface area (Å²) in [5, 5.41) is 11.0. The molecule has 0 spiro atoms. The van der Waals surface area contributed by atoms with Crippen molar-refractivity contribution in [2.24, 2.45) is 0 Å². The van der Waals surface area contributed by atoms with Gasteiger partial charge in [0.1, 0.15) is 23.1 Å². The summed E-state index contributed by atoms with van der Waals surface area (Å²) in [4.78, 5) is 120. The number of morpholine rings is 2. The monoisotopic (exact) mass is 1750 g/mol. The molecule has 7 aromatic carbocycles. The van der Waals surface area contributed by atoms with Gasteiger partial charge < -0.3 is 78.4 Å². The first kappa shape index (κ1) is 98.2. The number of nitrogens with one attached hydrogen (secondary N) is 4. The van der Waals surface area contributed by atoms with Crippen molar-refractivity contribution in [1.82, 2.24) is 29.6 Å². The number of unbranched alkanes of at least 4 members (excludes halogenated alkanes) is 4. The maximum atomic E-state index is 14.3. The lowest BCUT2D eigenvalue weighted by Crippen LogP contribution is -2.44. The largest absolute Gasteiger partial charge is 0.497 e. The summed E-state index contributed by atoms with van der Waals surface area (Å²) >= 11 is 0. The molecule has 0 atom stereocenters. The highest BCUT2D eigenvalue weighted by molar-refractivity contribution is 6.14. The number of piperazine rings is 1. The summed E-state index contributed by atoms with van der Waals surface area (Å²) in [5.41, 5.74) is 4.11. The number of halogens is 2. The second-order valence-corrected chi connectivity index (χ2v) is 30.0. The molecule has 3 saturated heterocycles. The molecule has 3 fully saturated rings. The Morgan fingerprint density at radius 3 is 1.09 bits per heavy atom. The molecule has 12 rings (SSSR count). The number of hydrogen-bond donors (Lipinski definition) is 4. The molecular formula is C97H116F2N10O18. The molecule has 3 aliphatic heterocycles. The Kier molecular flexibility index (Phi) is 40.5. The summed E-state index contributed by atoms with van der Waals surface area (Å²) in [6, 6.07) is 41.6. The third-order valence-electron chi connectivity index (χ3n) is 21.5. The molecule has 676 valence electrons. The number of carbonyl (C=O) groups is 8. The topological polar surface area (TPSA) is 316 Å². The molecule has 3 aliphatic rings. The van der Waals surface area contributed by atoms with Crippen molar-refractivity contribution in [1.29, 1.82) is 0 Å². The lowest BCUT2D eigenvalue weighted by Gasteiger charge is -2.32. The lowest BCUT2D eigenvalue weighted by atomic mass is 10.0. The molecular weight excluding hydrogens is 1630 g/mol. The second kappa shape index (κ2) is 52.4. The molecule has 127 heavy (non-hydrogen) atoms. The molecule has 4 amide bonds. The van der Waals surface area contributed by atoms with Crippen molar-refractivity contribution < 1.29 is 94.5 Å². The van der Waals surface area contributed by atoms with E-state index in [1.165, 1.54) is 97.0 Å². The quantitative estimate of drug-likeness (QED) is 0.0205. The molecule has 2 aromatic heterocycles. The fraction of sp³-hybridized carbons (Fsp3) is 0.381. The van der Waals surface area contributed by atoms with E-state index in [9.17, 15) is 47.1 Å². The minimum absolute atomic E-state index is 0.0638. The summed E-state index contributed by atoms with van der Waals surface area (Å²) in [7, 11) is 14.1. The first-order valence-corrected chi connectivity index (χ1v) is 42.5. The molecule has 0 radical (unpaired) electrons. The van der Waals surface area contributed by atoms with E-state index < -0.39 is 23.4 Å². The molecule has 28 nitrogen and oxygen atoms in total. The molecule has 5 heterocycles. The van der Waals surface area contributed by atoms with Crippen LogP contribution in [0.4, 0.5) is 31.5 Å². The van der Waals surface area contributed by atoms with Crippen LogP contribution in [0.15, 0.2) is 176 Å². The van der Waals surface area contributed by atoms with E-state index in [1.807, 2.05) is 30.3 Å². The van der Waals surface area contributed by atoms with Crippen LogP contribution in [0.5, 0.6) is 46.0 Å². The number of benzene rings is 7. The number of nitrogens with zero attached hydrogens (tertiary/aromatic N) is 6. The van der Waals surface area contributed by atoms with Gasteiger partial charge in [0.15, 0.2) is 46.1 Å². The predicted molar refractivity (Wildman–Crippen MR) is 483 cm³/mol. The average molecular weight is 1750 g/mol. The third-order valence-corrected chi connectivity index (χ3v) is 21.5. The minimum atomic E-state index is -0.628. The minimum Gasteiger partial charge on any atom is -0.497 e. The fourth-order valence-electron chi connectivity index (χ4n) is 14.4. The Hall–Kier alpha value is -12.6. The number of amides is 4. The van der Waals surface area contributed by atoms with Crippen LogP contribution >= 0.6 is 0 Å². The van der Waals surface area contributed by atoms with E-state index in [1.54, 1.807) is 112 Å². The maximum absolute atomic E-state index is 14.3. The molecule has 0 bridgehead atoms. The number of methoxy groups -OCH3 is 8. The number of likely N-dealkylation sites (N-methyl/N-ethyl adjacent to an activating group) is 1. The van der Waals surface area contributed by atoms with Crippen molar-refractivity contribution in [3.05, 3.63) is 238 Å². The smallest absolute Gasteiger partial charge is 0.257 e. The first-order chi connectivity index (χ1) is 61.7. The van der Waals surface area contributed by atoms with Gasteiger partial charge in [-0.05, 0) is 199 Å². The van der Waals surface area contributed by atoms with E-state index in [-0.39, 0.29) is 93.2 Å². The van der Waals surface area contributed by atoms with Crippen LogP contribution < -0.4 is 59.2 Å². The Morgan fingerprint density at radius 1 is 0.362 bits per heavy atom. The van der Waals surface area contributed by atoms with Gasteiger partial charge in [-0.3, -0.25) is 58.1 Å². The summed E-state index contributed by atoms with van der Waals surface area (Å²) in [6.07, 6.45) is 14.3. The standard InChI is InChI=1S/C27H37N3O6.C26H34N2O7.C23H21FN2O2.C21H24FN3O3/c1-29-14-16-30(17-15-29)13-7-6-8-22(31)21-18-23(34-3)25(35-4)26(36-5)24(21)28-27(32)19-9-11-20(33-2)12-10-19;1-31-19-10-8-18(9-11-19)26(30)27-23-20(17-22(32-2)24(33-3)25(23)34-4)21(29)7-5-6-12-28-13-15-35-16-14-28;24-19-12-6-13-20(26-23(28)18-11-7-15-25-16-18)22(19)21(27)14-5-4-10-17-8-2-1-3-9-17;22-17-6-3-7-18(24-21(27)16-5-4-9-23-15-16)20(17)19(26)8-1-2-10-25-11-13-28-14-12-25/h9-12,18H,6-8,13-17H2,1-5H3,(H,28,32);8-11,17H,5-7,12-16H2,1-4H3,(H,27,30);1-3,6-9,11-13,15-16H,4-5,10,14H2,(H,26,28);3-7,9,15H,1-2,8,10-14H2,(H,24,27). The van der Waals surface area contributed by atoms with Gasteiger partial charge in [-0.25, -0.2) is 8.78 Å². The van der Waals surface area contributed by atoms with Crippen LogP contribution in [-0.4, -0.2) is 239 Å². The number of ketones is 4. The molecule has 4 N–H and O–H groups in total. The summed E-state index contributed by atoms with van der Waals surface area (Å²) < 4.78 is 82.7. The Balaban J connectivity index is 0.000000192. The van der Waals surface area contributed by atoms with Gasteiger partial charge in [0.25, 0.3) is 23.6 Å². The summed E-state index contributed by atoms with van der Waals surface area (Å²) in [5.74, 6) is -0.668. The molecule has 0 saturated carbocycles. The number of aryl methyl sites for hydroxylation is 1. The average Bonchev–Trinajstić information content (AvgIpc) is 0.785. The van der Waals surface area contributed by atoms with Crippen LogP contribution in [0.3, 0.4) is 0 Å². The number of rotatable bonds is 40.